The molecule has 2 aliphatic rings. The summed E-state index contributed by atoms with van der Waals surface area (Å²) in [4.78, 5) is 9.85. The minimum atomic E-state index is -0.00420. The van der Waals surface area contributed by atoms with Crippen LogP contribution in [-0.4, -0.2) is 36.1 Å². The van der Waals surface area contributed by atoms with Crippen LogP contribution in [-0.2, 0) is 0 Å². The monoisotopic (exact) mass is 399 g/mol. The zero-order valence-corrected chi connectivity index (χ0v) is 17.4. The van der Waals surface area contributed by atoms with Gasteiger partial charge in [0.05, 0.1) is 12.6 Å². The van der Waals surface area contributed by atoms with Gasteiger partial charge in [-0.05, 0) is 49.2 Å². The van der Waals surface area contributed by atoms with E-state index in [0.29, 0.717) is 0 Å². The molecule has 2 unspecified atom stereocenters. The number of pyridine rings is 1. The van der Waals surface area contributed by atoms with Crippen LogP contribution in [0, 0.1) is 0 Å². The van der Waals surface area contributed by atoms with E-state index in [9.17, 15) is 0 Å². The van der Waals surface area contributed by atoms with Gasteiger partial charge in [-0.2, -0.15) is 0 Å². The van der Waals surface area contributed by atoms with Gasteiger partial charge in [-0.1, -0.05) is 67.1 Å². The average Bonchev–Trinajstić information content (AvgIpc) is 2.84. The zero-order chi connectivity index (χ0) is 20.2. The number of likely N-dealkylation sites (tertiary alicyclic amines) is 1. The quantitative estimate of drug-likeness (QED) is 0.586. The minimum Gasteiger partial charge on any atom is -0.480 e. The lowest BCUT2D eigenvalue weighted by molar-refractivity contribution is 0.174. The maximum atomic E-state index is 6.41. The van der Waals surface area contributed by atoms with Crippen LogP contribution in [0.25, 0.3) is 0 Å². The zero-order valence-electron chi connectivity index (χ0n) is 17.4. The Labute approximate surface area is 179 Å². The molecule has 0 N–H and O–H groups in total. The van der Waals surface area contributed by atoms with E-state index < -0.39 is 0 Å². The van der Waals surface area contributed by atoms with Gasteiger partial charge in [0.15, 0.2) is 11.6 Å². The Kier molecular flexibility index (Phi) is 5.67. The highest BCUT2D eigenvalue weighted by Gasteiger charge is 2.34. The van der Waals surface area contributed by atoms with Crippen molar-refractivity contribution < 1.29 is 4.74 Å². The second-order valence-electron chi connectivity index (χ2n) is 8.28. The lowest BCUT2D eigenvalue weighted by atomic mass is 10.00. The molecular formula is C26H29N3O. The molecule has 0 radical (unpaired) electrons. The number of nitrogens with zero attached hydrogens (tertiary/aromatic N) is 3. The van der Waals surface area contributed by atoms with Crippen LogP contribution in [0.15, 0.2) is 79.0 Å². The Morgan fingerprint density at radius 2 is 1.60 bits per heavy atom. The Balaban J connectivity index is 1.52. The molecular weight excluding hydrogens is 370 g/mol. The highest BCUT2D eigenvalue weighted by atomic mass is 16.5. The summed E-state index contributed by atoms with van der Waals surface area (Å²) in [5.41, 5.74) is 2.55. The third kappa shape index (κ3) is 4.05. The summed E-state index contributed by atoms with van der Waals surface area (Å²) in [5, 5.41) is 0. The van der Waals surface area contributed by atoms with Crippen molar-refractivity contribution in [3.05, 3.63) is 90.1 Å². The Morgan fingerprint density at radius 3 is 2.37 bits per heavy atom. The molecule has 0 amide bonds. The third-order valence-corrected chi connectivity index (χ3v) is 6.27. The maximum absolute atomic E-state index is 6.41. The number of benzene rings is 2. The van der Waals surface area contributed by atoms with E-state index in [1.165, 1.54) is 43.5 Å². The largest absolute Gasteiger partial charge is 0.480 e. The molecule has 2 aliphatic heterocycles. The van der Waals surface area contributed by atoms with Gasteiger partial charge in [0.2, 0.25) is 0 Å². The molecule has 1 aromatic heterocycles. The molecule has 154 valence electrons. The van der Waals surface area contributed by atoms with E-state index >= 15 is 0 Å². The first-order chi connectivity index (χ1) is 14.9. The molecule has 3 heterocycles. The topological polar surface area (TPSA) is 28.6 Å². The van der Waals surface area contributed by atoms with Gasteiger partial charge in [0.1, 0.15) is 6.10 Å². The van der Waals surface area contributed by atoms with Crippen molar-refractivity contribution in [2.75, 3.05) is 31.1 Å². The maximum Gasteiger partial charge on any atom is 0.172 e. The fraction of sp³-hybridized carbons (Fsp3) is 0.346. The molecule has 0 saturated carbocycles. The van der Waals surface area contributed by atoms with Crippen LogP contribution in [0.4, 0.5) is 5.82 Å². The van der Waals surface area contributed by atoms with Crippen molar-refractivity contribution in [2.45, 2.75) is 31.4 Å². The van der Waals surface area contributed by atoms with Gasteiger partial charge < -0.3 is 14.5 Å². The van der Waals surface area contributed by atoms with Gasteiger partial charge in [-0.3, -0.25) is 0 Å². The van der Waals surface area contributed by atoms with Crippen LogP contribution in [0.1, 0.15) is 42.5 Å². The first-order valence-electron chi connectivity index (χ1n) is 11.1. The lowest BCUT2D eigenvalue weighted by Gasteiger charge is -2.42. The smallest absolute Gasteiger partial charge is 0.172 e. The fourth-order valence-electron chi connectivity index (χ4n) is 4.71. The molecule has 30 heavy (non-hydrogen) atoms. The summed E-state index contributed by atoms with van der Waals surface area (Å²) in [5.74, 6) is 1.83. The van der Waals surface area contributed by atoms with Gasteiger partial charge in [-0.25, -0.2) is 4.98 Å². The fourth-order valence-corrected chi connectivity index (χ4v) is 4.71. The van der Waals surface area contributed by atoms with Crippen molar-refractivity contribution in [3.8, 4) is 5.75 Å². The molecule has 4 nitrogen and oxygen atoms in total. The molecule has 1 fully saturated rings. The van der Waals surface area contributed by atoms with Gasteiger partial charge in [-0.15, -0.1) is 0 Å². The Hall–Kier alpha value is -2.85. The van der Waals surface area contributed by atoms with Crippen molar-refractivity contribution in [1.29, 1.82) is 0 Å². The van der Waals surface area contributed by atoms with E-state index in [4.69, 9.17) is 9.72 Å². The third-order valence-electron chi connectivity index (χ3n) is 6.27. The van der Waals surface area contributed by atoms with E-state index in [1.54, 1.807) is 0 Å². The molecule has 2 aromatic carbocycles. The molecule has 5 rings (SSSR count). The summed E-state index contributed by atoms with van der Waals surface area (Å²) < 4.78 is 6.41. The van der Waals surface area contributed by atoms with Gasteiger partial charge in [0, 0.05) is 12.7 Å². The summed E-state index contributed by atoms with van der Waals surface area (Å²) in [6.45, 7) is 4.18. The number of hydrogen-bond donors (Lipinski definition) is 0. The molecule has 3 aromatic rings. The highest BCUT2D eigenvalue weighted by Crippen LogP contribution is 2.41. The number of rotatable bonds is 5. The van der Waals surface area contributed by atoms with E-state index in [1.807, 2.05) is 18.3 Å². The van der Waals surface area contributed by atoms with Gasteiger partial charge >= 0.3 is 0 Å². The standard InChI is InChI=1S/C26H29N3O/c1-4-11-21(12-5-1)23(19-28-17-8-3-9-18-28)29-20-25(22-13-6-2-7-14-22)30-24-15-10-16-27-26(24)29/h1-2,4-7,10-16,23,25H,3,8-9,17-20H2. The summed E-state index contributed by atoms with van der Waals surface area (Å²) >= 11 is 0. The summed E-state index contributed by atoms with van der Waals surface area (Å²) in [7, 11) is 0. The normalized spacial score (nSPS) is 20.3. The van der Waals surface area contributed by atoms with Crippen molar-refractivity contribution in [3.63, 3.8) is 0 Å². The van der Waals surface area contributed by atoms with Gasteiger partial charge in [0.25, 0.3) is 0 Å². The number of aromatic nitrogens is 1. The minimum absolute atomic E-state index is 0.00420. The highest BCUT2D eigenvalue weighted by molar-refractivity contribution is 5.56. The van der Waals surface area contributed by atoms with Crippen molar-refractivity contribution in [1.82, 2.24) is 9.88 Å². The molecule has 2 atom stereocenters. The Bertz CT molecular complexity index is 941. The molecule has 0 aliphatic carbocycles. The van der Waals surface area contributed by atoms with Crippen LogP contribution in [0.3, 0.4) is 0 Å². The van der Waals surface area contributed by atoms with E-state index in [2.05, 4.69) is 70.5 Å². The van der Waals surface area contributed by atoms with Crippen LogP contribution in [0.5, 0.6) is 5.75 Å². The van der Waals surface area contributed by atoms with E-state index in [-0.39, 0.29) is 12.1 Å². The van der Waals surface area contributed by atoms with E-state index in [0.717, 1.165) is 24.7 Å². The second kappa shape index (κ2) is 8.88. The summed E-state index contributed by atoms with van der Waals surface area (Å²) in [6, 6.07) is 25.7. The van der Waals surface area contributed by atoms with Crippen molar-refractivity contribution in [2.24, 2.45) is 0 Å². The average molecular weight is 400 g/mol. The lowest BCUT2D eigenvalue weighted by Crippen LogP contribution is -2.44. The second-order valence-corrected chi connectivity index (χ2v) is 8.28. The molecule has 1 saturated heterocycles. The van der Waals surface area contributed by atoms with Crippen LogP contribution < -0.4 is 9.64 Å². The number of fused-ring (bicyclic) bond motifs is 1. The predicted octanol–water partition coefficient (Wildman–Crippen LogP) is 5.25. The molecule has 0 spiro atoms. The first kappa shape index (κ1) is 19.1. The number of piperidine rings is 1. The first-order valence-corrected chi connectivity index (χ1v) is 11.1. The number of hydrogen-bond acceptors (Lipinski definition) is 4. The van der Waals surface area contributed by atoms with Crippen LogP contribution in [0.2, 0.25) is 0 Å². The van der Waals surface area contributed by atoms with Crippen molar-refractivity contribution >= 4 is 5.82 Å². The van der Waals surface area contributed by atoms with Crippen LogP contribution >= 0.6 is 0 Å². The SMILES string of the molecule is c1ccc(C2CN(C(CN3CCCCC3)c3ccccc3)c3ncccc3O2)cc1. The summed E-state index contributed by atoms with van der Waals surface area (Å²) in [6.07, 6.45) is 5.82. The Morgan fingerprint density at radius 1 is 0.867 bits per heavy atom. The number of ether oxygens (including phenoxy) is 1. The number of anilines is 1. The molecule has 0 bridgehead atoms. The molecule has 4 heteroatoms. The predicted molar refractivity (Wildman–Crippen MR) is 121 cm³/mol.